The van der Waals surface area contributed by atoms with Crippen molar-refractivity contribution in [1.82, 2.24) is 4.90 Å². The number of hydrogen-bond acceptors (Lipinski definition) is 6. The summed E-state index contributed by atoms with van der Waals surface area (Å²) in [5, 5.41) is 9.24. The van der Waals surface area contributed by atoms with E-state index in [0.717, 1.165) is 96.7 Å². The highest BCUT2D eigenvalue weighted by molar-refractivity contribution is 5.69. The Kier molecular flexibility index (Phi) is 48.3. The Labute approximate surface area is 357 Å². The summed E-state index contributed by atoms with van der Waals surface area (Å²) in [5.41, 5.74) is 0. The normalized spacial score (nSPS) is 12.9. The van der Waals surface area contributed by atoms with Crippen LogP contribution in [0.25, 0.3) is 0 Å². The first-order valence-electron chi connectivity index (χ1n) is 25.5. The van der Waals surface area contributed by atoms with Crippen LogP contribution in [0.2, 0.25) is 0 Å². The van der Waals surface area contributed by atoms with Crippen LogP contribution in [0.1, 0.15) is 260 Å². The summed E-state index contributed by atoms with van der Waals surface area (Å²) >= 11 is 0. The third-order valence-electron chi connectivity index (χ3n) is 11.8. The minimum atomic E-state index is -0.0141. The maximum Gasteiger partial charge on any atom is 0.305 e. The van der Waals surface area contributed by atoms with Gasteiger partial charge < -0.3 is 19.5 Å². The summed E-state index contributed by atoms with van der Waals surface area (Å²) in [5.74, 6) is 1.97. The molecule has 6 nitrogen and oxygen atoms in total. The summed E-state index contributed by atoms with van der Waals surface area (Å²) in [7, 11) is 0. The molecule has 3 unspecified atom stereocenters. The third kappa shape index (κ3) is 42.8. The van der Waals surface area contributed by atoms with Crippen molar-refractivity contribution in [2.75, 3.05) is 39.5 Å². The fourth-order valence-corrected chi connectivity index (χ4v) is 8.11. The highest BCUT2D eigenvalue weighted by atomic mass is 16.5. The molecule has 0 aromatic carbocycles. The molecule has 0 radical (unpaired) electrons. The summed E-state index contributed by atoms with van der Waals surface area (Å²) in [4.78, 5) is 27.6. The van der Waals surface area contributed by atoms with Gasteiger partial charge in [-0.1, -0.05) is 190 Å². The molecule has 0 aliphatic carbocycles. The van der Waals surface area contributed by atoms with Crippen LogP contribution in [-0.4, -0.2) is 61.4 Å². The zero-order valence-electron chi connectivity index (χ0n) is 39.8. The molecule has 0 saturated carbocycles. The Morgan fingerprint density at radius 2 is 0.825 bits per heavy atom. The lowest BCUT2D eigenvalue weighted by molar-refractivity contribution is -0.145. The molecule has 0 bridgehead atoms. The maximum atomic E-state index is 12.5. The SMILES string of the molecule is CC.CCCCCCCC(CCCC)CCOC(=O)CCCCCCN(CCCCCO)CC(C)CCCCC(=O)OCCC(CCCCC)CCCCCCC. The molecule has 6 heteroatoms. The predicted octanol–water partition coefficient (Wildman–Crippen LogP) is 15.2. The van der Waals surface area contributed by atoms with Gasteiger partial charge in [-0.05, 0) is 88.6 Å². The van der Waals surface area contributed by atoms with Crippen molar-refractivity contribution in [3.8, 4) is 0 Å². The molecule has 57 heavy (non-hydrogen) atoms. The predicted molar refractivity (Wildman–Crippen MR) is 248 cm³/mol. The first-order chi connectivity index (χ1) is 27.9. The Morgan fingerprint density at radius 1 is 0.456 bits per heavy atom. The average Bonchev–Trinajstić information content (AvgIpc) is 3.21. The number of nitrogens with zero attached hydrogens (tertiary/aromatic N) is 1. The summed E-state index contributed by atoms with van der Waals surface area (Å²) < 4.78 is 11.4. The van der Waals surface area contributed by atoms with Crippen LogP contribution in [0.3, 0.4) is 0 Å². The van der Waals surface area contributed by atoms with Gasteiger partial charge in [0, 0.05) is 26.0 Å². The molecule has 0 fully saturated rings. The van der Waals surface area contributed by atoms with E-state index in [0.29, 0.717) is 43.8 Å². The molecular weight excluding hydrogens is 707 g/mol. The lowest BCUT2D eigenvalue weighted by atomic mass is 9.92. The molecule has 0 aromatic rings. The van der Waals surface area contributed by atoms with Gasteiger partial charge in [-0.15, -0.1) is 0 Å². The maximum absolute atomic E-state index is 12.5. The van der Waals surface area contributed by atoms with Crippen molar-refractivity contribution in [2.24, 2.45) is 17.8 Å². The van der Waals surface area contributed by atoms with Crippen LogP contribution >= 0.6 is 0 Å². The lowest BCUT2D eigenvalue weighted by Gasteiger charge is -2.26. The lowest BCUT2D eigenvalue weighted by Crippen LogP contribution is -2.31. The summed E-state index contributed by atoms with van der Waals surface area (Å²) in [6.45, 7) is 20.2. The van der Waals surface area contributed by atoms with Crippen LogP contribution in [0.5, 0.6) is 0 Å². The van der Waals surface area contributed by atoms with Gasteiger partial charge in [0.2, 0.25) is 0 Å². The van der Waals surface area contributed by atoms with E-state index in [1.54, 1.807) is 0 Å². The Morgan fingerprint density at radius 3 is 1.32 bits per heavy atom. The molecule has 1 N–H and O–H groups in total. The molecule has 0 heterocycles. The molecule has 0 aliphatic heterocycles. The standard InChI is InChI=1S/C49H97NO5.C2H6/c1-6-10-14-16-22-33-46(31-13-9-4)37-42-54-48(52)35-24-18-19-27-39-50(40-28-20-29-41-51)44-45(5)30-25-26-36-49(53)55-43-38-47(32-21-12-8-3)34-23-17-15-11-7-2;1-2/h45-47,51H,6-44H2,1-5H3;1-2H3. The first kappa shape index (κ1) is 58.0. The van der Waals surface area contributed by atoms with Crippen LogP contribution in [0.15, 0.2) is 0 Å². The van der Waals surface area contributed by atoms with E-state index in [2.05, 4.69) is 39.5 Å². The number of carbonyl (C=O) groups is 2. The van der Waals surface area contributed by atoms with E-state index in [4.69, 9.17) is 9.47 Å². The van der Waals surface area contributed by atoms with Gasteiger partial charge in [0.05, 0.1) is 13.2 Å². The van der Waals surface area contributed by atoms with Crippen LogP contribution in [-0.2, 0) is 19.1 Å². The minimum Gasteiger partial charge on any atom is -0.466 e. The summed E-state index contributed by atoms with van der Waals surface area (Å²) in [6, 6.07) is 0. The molecule has 0 amide bonds. The zero-order chi connectivity index (χ0) is 42.5. The highest BCUT2D eigenvalue weighted by Crippen LogP contribution is 2.23. The number of hydrogen-bond donors (Lipinski definition) is 1. The number of esters is 2. The van der Waals surface area contributed by atoms with E-state index in [-0.39, 0.29) is 18.5 Å². The monoisotopic (exact) mass is 810 g/mol. The molecule has 0 aliphatic rings. The Hall–Kier alpha value is -1.14. The fourth-order valence-electron chi connectivity index (χ4n) is 8.11. The smallest absolute Gasteiger partial charge is 0.305 e. The van der Waals surface area contributed by atoms with E-state index in [1.165, 1.54) is 122 Å². The van der Waals surface area contributed by atoms with Crippen molar-refractivity contribution in [3.05, 3.63) is 0 Å². The van der Waals surface area contributed by atoms with Crippen molar-refractivity contribution in [2.45, 2.75) is 260 Å². The highest BCUT2D eigenvalue weighted by Gasteiger charge is 2.14. The average molecular weight is 810 g/mol. The molecule has 342 valence electrons. The van der Waals surface area contributed by atoms with Crippen molar-refractivity contribution in [3.63, 3.8) is 0 Å². The van der Waals surface area contributed by atoms with Gasteiger partial charge in [0.15, 0.2) is 0 Å². The molecule has 0 saturated heterocycles. The molecular formula is C51H103NO5. The van der Waals surface area contributed by atoms with E-state index >= 15 is 0 Å². The van der Waals surface area contributed by atoms with Gasteiger partial charge in [0.1, 0.15) is 0 Å². The first-order valence-corrected chi connectivity index (χ1v) is 25.5. The zero-order valence-corrected chi connectivity index (χ0v) is 39.8. The Bertz CT molecular complexity index is 806. The largest absolute Gasteiger partial charge is 0.466 e. The summed E-state index contributed by atoms with van der Waals surface area (Å²) in [6.07, 6.45) is 38.5. The van der Waals surface area contributed by atoms with E-state index in [1.807, 2.05) is 13.8 Å². The van der Waals surface area contributed by atoms with E-state index < -0.39 is 0 Å². The number of aliphatic hydroxyl groups excluding tert-OH is 1. The third-order valence-corrected chi connectivity index (χ3v) is 11.8. The van der Waals surface area contributed by atoms with Crippen LogP contribution < -0.4 is 0 Å². The second-order valence-electron chi connectivity index (χ2n) is 17.4. The molecule has 0 rings (SSSR count). The molecule has 0 aromatic heterocycles. The minimum absolute atomic E-state index is 0.0128. The number of carbonyl (C=O) groups excluding carboxylic acids is 2. The van der Waals surface area contributed by atoms with Crippen molar-refractivity contribution < 1.29 is 24.2 Å². The quantitative estimate of drug-likeness (QED) is 0.0488. The number of aliphatic hydroxyl groups is 1. The van der Waals surface area contributed by atoms with Gasteiger partial charge >= 0.3 is 11.9 Å². The molecule has 3 atom stereocenters. The second kappa shape index (κ2) is 47.5. The van der Waals surface area contributed by atoms with Gasteiger partial charge in [0.25, 0.3) is 0 Å². The van der Waals surface area contributed by atoms with Gasteiger partial charge in [-0.3, -0.25) is 9.59 Å². The van der Waals surface area contributed by atoms with Crippen molar-refractivity contribution >= 4 is 11.9 Å². The topological polar surface area (TPSA) is 76.1 Å². The van der Waals surface area contributed by atoms with Gasteiger partial charge in [-0.25, -0.2) is 0 Å². The fraction of sp³-hybridized carbons (Fsp3) is 0.961. The number of ether oxygens (including phenoxy) is 2. The van der Waals surface area contributed by atoms with Crippen LogP contribution in [0, 0.1) is 17.8 Å². The van der Waals surface area contributed by atoms with Crippen LogP contribution in [0.4, 0.5) is 0 Å². The second-order valence-corrected chi connectivity index (χ2v) is 17.4. The van der Waals surface area contributed by atoms with Gasteiger partial charge in [-0.2, -0.15) is 0 Å². The Balaban J connectivity index is 0. The van der Waals surface area contributed by atoms with E-state index in [9.17, 15) is 14.7 Å². The molecule has 0 spiro atoms. The number of rotatable bonds is 44. The number of unbranched alkanes of at least 4 members (excludes halogenated alkanes) is 17. The van der Waals surface area contributed by atoms with Crippen molar-refractivity contribution in [1.29, 1.82) is 0 Å².